The molecule has 8 heteroatoms. The van der Waals surface area contributed by atoms with Gasteiger partial charge >= 0.3 is 0 Å². The number of carbonyl (C=O) groups excluding carboxylic acids is 1. The average Bonchev–Trinajstić information content (AvgIpc) is 3.11. The molecule has 0 saturated carbocycles. The molecule has 2 aromatic heterocycles. The summed E-state index contributed by atoms with van der Waals surface area (Å²) >= 11 is 1.18. The number of aromatic amines is 1. The number of nitrogens with zero attached hydrogens (tertiary/aromatic N) is 2. The summed E-state index contributed by atoms with van der Waals surface area (Å²) in [5, 5.41) is 11.6. The minimum Gasteiger partial charge on any atom is -0.296 e. The summed E-state index contributed by atoms with van der Waals surface area (Å²) < 4.78 is 13.9. The van der Waals surface area contributed by atoms with Crippen LogP contribution in [0.15, 0.2) is 58.7 Å². The monoisotopic (exact) mass is 366 g/mol. The number of nitrogens with one attached hydrogen (secondary N) is 2. The molecule has 0 bridgehead atoms. The largest absolute Gasteiger partial charge is 0.296 e. The molecule has 0 unspecified atom stereocenters. The maximum Gasteiger partial charge on any atom is 0.278 e. The van der Waals surface area contributed by atoms with Gasteiger partial charge in [-0.3, -0.25) is 14.9 Å². The first kappa shape index (κ1) is 16.1. The molecule has 0 aliphatic rings. The van der Waals surface area contributed by atoms with Crippen molar-refractivity contribution in [3.05, 3.63) is 75.8 Å². The molecule has 0 aliphatic carbocycles. The molecule has 0 aliphatic heterocycles. The van der Waals surface area contributed by atoms with Crippen LogP contribution in [0.25, 0.3) is 22.0 Å². The van der Waals surface area contributed by atoms with Crippen LogP contribution in [0.4, 0.5) is 9.52 Å². The molecule has 0 fully saturated rings. The van der Waals surface area contributed by atoms with E-state index in [9.17, 15) is 14.0 Å². The van der Waals surface area contributed by atoms with E-state index in [-0.39, 0.29) is 17.1 Å². The van der Waals surface area contributed by atoms with Crippen molar-refractivity contribution < 1.29 is 9.18 Å². The van der Waals surface area contributed by atoms with Crippen molar-refractivity contribution in [1.29, 1.82) is 0 Å². The molecule has 2 aromatic carbocycles. The minimum absolute atomic E-state index is 0.0860. The molecule has 0 radical (unpaired) electrons. The number of carbonyl (C=O) groups is 1. The maximum atomic E-state index is 13.9. The number of amides is 1. The smallest absolute Gasteiger partial charge is 0.278 e. The van der Waals surface area contributed by atoms with E-state index in [1.165, 1.54) is 17.4 Å². The number of benzene rings is 2. The van der Waals surface area contributed by atoms with Gasteiger partial charge in [-0.05, 0) is 18.2 Å². The van der Waals surface area contributed by atoms with Crippen LogP contribution >= 0.6 is 11.3 Å². The third-order valence-corrected chi connectivity index (χ3v) is 4.54. The number of hydrogen-bond acceptors (Lipinski definition) is 5. The van der Waals surface area contributed by atoms with E-state index in [2.05, 4.69) is 20.5 Å². The zero-order valence-electron chi connectivity index (χ0n) is 13.2. The quantitative estimate of drug-likeness (QED) is 0.581. The minimum atomic E-state index is -0.508. The predicted molar refractivity (Wildman–Crippen MR) is 97.8 cm³/mol. The predicted octanol–water partition coefficient (Wildman–Crippen LogP) is 3.44. The van der Waals surface area contributed by atoms with Crippen molar-refractivity contribution in [2.75, 3.05) is 5.32 Å². The first-order valence-corrected chi connectivity index (χ1v) is 8.50. The number of fused-ring (bicyclic) bond motifs is 1. The highest BCUT2D eigenvalue weighted by Gasteiger charge is 2.16. The van der Waals surface area contributed by atoms with E-state index in [0.717, 1.165) is 0 Å². The Balaban J connectivity index is 1.65. The van der Waals surface area contributed by atoms with Crippen molar-refractivity contribution in [3.8, 4) is 11.3 Å². The Bertz CT molecular complexity index is 1190. The van der Waals surface area contributed by atoms with Crippen molar-refractivity contribution in [2.45, 2.75) is 0 Å². The van der Waals surface area contributed by atoms with Crippen LogP contribution in [0.5, 0.6) is 0 Å². The molecular weight excluding hydrogens is 355 g/mol. The highest BCUT2D eigenvalue weighted by Crippen LogP contribution is 2.27. The fourth-order valence-corrected chi connectivity index (χ4v) is 3.27. The van der Waals surface area contributed by atoms with Gasteiger partial charge in [-0.2, -0.15) is 5.10 Å². The van der Waals surface area contributed by atoms with Crippen LogP contribution in [0.2, 0.25) is 0 Å². The van der Waals surface area contributed by atoms with Gasteiger partial charge in [0.15, 0.2) is 10.8 Å². The normalized spacial score (nSPS) is 10.8. The van der Waals surface area contributed by atoms with Crippen LogP contribution in [0.1, 0.15) is 10.5 Å². The Labute approximate surface area is 150 Å². The molecule has 4 aromatic rings. The summed E-state index contributed by atoms with van der Waals surface area (Å²) in [5.41, 5.74) is 0.510. The van der Waals surface area contributed by atoms with Crippen LogP contribution < -0.4 is 10.9 Å². The molecule has 2 heterocycles. The van der Waals surface area contributed by atoms with E-state index in [0.29, 0.717) is 27.2 Å². The number of H-pyrrole nitrogens is 1. The van der Waals surface area contributed by atoms with E-state index < -0.39 is 5.91 Å². The number of aromatic nitrogens is 3. The van der Waals surface area contributed by atoms with E-state index in [1.807, 2.05) is 0 Å². The lowest BCUT2D eigenvalue weighted by atomic mass is 10.1. The fraction of sp³-hybridized carbons (Fsp3) is 0. The van der Waals surface area contributed by atoms with Crippen molar-refractivity contribution in [1.82, 2.24) is 15.2 Å². The first-order valence-electron chi connectivity index (χ1n) is 7.62. The topological polar surface area (TPSA) is 87.7 Å². The highest BCUT2D eigenvalue weighted by molar-refractivity contribution is 7.14. The van der Waals surface area contributed by atoms with Crippen LogP contribution in [-0.4, -0.2) is 21.1 Å². The third-order valence-electron chi connectivity index (χ3n) is 3.79. The summed E-state index contributed by atoms with van der Waals surface area (Å²) in [6, 6.07) is 13.0. The number of thiazole rings is 1. The second kappa shape index (κ2) is 6.49. The summed E-state index contributed by atoms with van der Waals surface area (Å²) in [6.07, 6.45) is 0. The summed E-state index contributed by atoms with van der Waals surface area (Å²) in [4.78, 5) is 28.6. The second-order valence-corrected chi connectivity index (χ2v) is 6.28. The molecular formula is C18H11FN4O2S. The zero-order valence-corrected chi connectivity index (χ0v) is 14.0. The lowest BCUT2D eigenvalue weighted by Gasteiger charge is -2.04. The summed E-state index contributed by atoms with van der Waals surface area (Å²) in [7, 11) is 0. The molecule has 26 heavy (non-hydrogen) atoms. The van der Waals surface area contributed by atoms with E-state index in [1.54, 1.807) is 47.8 Å². The van der Waals surface area contributed by atoms with Gasteiger partial charge < -0.3 is 0 Å². The Morgan fingerprint density at radius 3 is 2.62 bits per heavy atom. The SMILES string of the molecule is O=C(Nc1nc(-c2ccccc2F)cs1)c1n[nH]c(=O)c2ccccc12. The molecule has 6 nitrogen and oxygen atoms in total. The van der Waals surface area contributed by atoms with Gasteiger partial charge in [-0.25, -0.2) is 14.5 Å². The van der Waals surface area contributed by atoms with Crippen LogP contribution in [-0.2, 0) is 0 Å². The second-order valence-electron chi connectivity index (χ2n) is 5.42. The zero-order chi connectivity index (χ0) is 18.1. The molecule has 0 saturated heterocycles. The van der Waals surface area contributed by atoms with Gasteiger partial charge in [0, 0.05) is 16.3 Å². The molecule has 128 valence electrons. The molecule has 0 spiro atoms. The molecule has 0 atom stereocenters. The van der Waals surface area contributed by atoms with Crippen molar-refractivity contribution in [3.63, 3.8) is 0 Å². The molecule has 2 N–H and O–H groups in total. The van der Waals surface area contributed by atoms with E-state index >= 15 is 0 Å². The van der Waals surface area contributed by atoms with E-state index in [4.69, 9.17) is 0 Å². The first-order chi connectivity index (χ1) is 12.6. The Kier molecular flexibility index (Phi) is 4.02. The van der Waals surface area contributed by atoms with Gasteiger partial charge in [-0.1, -0.05) is 30.3 Å². The van der Waals surface area contributed by atoms with Crippen LogP contribution in [0, 0.1) is 5.82 Å². The van der Waals surface area contributed by atoms with Gasteiger partial charge in [0.2, 0.25) is 0 Å². The molecule has 4 rings (SSSR count). The number of rotatable bonds is 3. The van der Waals surface area contributed by atoms with Gasteiger partial charge in [0.05, 0.1) is 11.1 Å². The average molecular weight is 366 g/mol. The number of halogens is 1. The Hall–Kier alpha value is -3.39. The fourth-order valence-electron chi connectivity index (χ4n) is 2.57. The number of anilines is 1. The lowest BCUT2D eigenvalue weighted by molar-refractivity contribution is 0.102. The Morgan fingerprint density at radius 2 is 1.81 bits per heavy atom. The maximum absolute atomic E-state index is 13.9. The summed E-state index contributed by atoms with van der Waals surface area (Å²) in [6.45, 7) is 0. The van der Waals surface area contributed by atoms with Gasteiger partial charge in [-0.15, -0.1) is 11.3 Å². The van der Waals surface area contributed by atoms with Gasteiger partial charge in [0.25, 0.3) is 11.5 Å². The number of hydrogen-bond donors (Lipinski definition) is 2. The summed E-state index contributed by atoms with van der Waals surface area (Å²) in [5.74, 6) is -0.893. The third kappa shape index (κ3) is 2.86. The van der Waals surface area contributed by atoms with Gasteiger partial charge in [0.1, 0.15) is 5.82 Å². The standard InChI is InChI=1S/C18H11FN4O2S/c19-13-8-4-3-7-12(13)14-9-26-18(20-14)21-17(25)15-10-5-1-2-6-11(10)16(24)23-22-15/h1-9H,(H,23,24)(H,20,21,25). The molecule has 1 amide bonds. The van der Waals surface area contributed by atoms with Crippen molar-refractivity contribution >= 4 is 33.1 Å². The highest BCUT2D eigenvalue weighted by atomic mass is 32.1. The lowest BCUT2D eigenvalue weighted by Crippen LogP contribution is -2.19. The Morgan fingerprint density at radius 1 is 1.08 bits per heavy atom. The van der Waals surface area contributed by atoms with Crippen LogP contribution in [0.3, 0.4) is 0 Å². The van der Waals surface area contributed by atoms with Crippen molar-refractivity contribution in [2.24, 2.45) is 0 Å².